The fourth-order valence-corrected chi connectivity index (χ4v) is 5.70. The summed E-state index contributed by atoms with van der Waals surface area (Å²) in [6.07, 6.45) is -2.41. The second-order valence-corrected chi connectivity index (χ2v) is 12.2. The molecule has 0 bridgehead atoms. The molecule has 3 aromatic carbocycles. The van der Waals surface area contributed by atoms with Crippen LogP contribution in [0.3, 0.4) is 0 Å². The van der Waals surface area contributed by atoms with Gasteiger partial charge in [-0.1, -0.05) is 30.3 Å². The van der Waals surface area contributed by atoms with E-state index in [9.17, 15) is 26.4 Å². The third kappa shape index (κ3) is 6.00. The van der Waals surface area contributed by atoms with Crippen LogP contribution in [0.2, 0.25) is 0 Å². The molecule has 4 aromatic rings. The van der Waals surface area contributed by atoms with E-state index in [0.29, 0.717) is 46.4 Å². The highest BCUT2D eigenvalue weighted by Gasteiger charge is 2.34. The molecule has 1 aromatic heterocycles. The Bertz CT molecular complexity index is 1700. The van der Waals surface area contributed by atoms with Crippen LogP contribution in [0.4, 0.5) is 13.2 Å². The molecule has 1 aliphatic rings. The number of aromatic nitrogens is 2. The summed E-state index contributed by atoms with van der Waals surface area (Å²) in [7, 11) is -1.65. The number of rotatable bonds is 5. The maximum atomic E-state index is 13.9. The zero-order valence-corrected chi connectivity index (χ0v) is 22.8. The lowest BCUT2D eigenvalue weighted by Crippen LogP contribution is -2.47. The number of alkyl halides is 3. The molecule has 0 aliphatic carbocycles. The van der Waals surface area contributed by atoms with E-state index < -0.39 is 27.3 Å². The molecule has 0 atom stereocenters. The van der Waals surface area contributed by atoms with Crippen LogP contribution in [0, 0.1) is 0 Å². The van der Waals surface area contributed by atoms with E-state index in [1.54, 1.807) is 36.4 Å². The predicted octanol–water partition coefficient (Wildman–Crippen LogP) is 4.91. The van der Waals surface area contributed by atoms with E-state index in [2.05, 4.69) is 14.9 Å². The van der Waals surface area contributed by atoms with Crippen LogP contribution in [0.1, 0.15) is 21.5 Å². The minimum atomic E-state index is -4.72. The van der Waals surface area contributed by atoms with Crippen LogP contribution < -0.4 is 0 Å². The second-order valence-electron chi connectivity index (χ2n) is 10.1. The highest BCUT2D eigenvalue weighted by Crippen LogP contribution is 2.37. The third-order valence-electron chi connectivity index (χ3n) is 6.98. The Morgan fingerprint density at radius 1 is 0.900 bits per heavy atom. The number of benzene rings is 3. The van der Waals surface area contributed by atoms with Crippen molar-refractivity contribution in [3.63, 3.8) is 0 Å². The Morgan fingerprint density at radius 3 is 2.30 bits per heavy atom. The fraction of sp³-hybridized carbons (Fsp3) is 0.276. The van der Waals surface area contributed by atoms with Crippen molar-refractivity contribution in [2.24, 2.45) is 0 Å². The molecule has 0 N–H and O–H groups in total. The van der Waals surface area contributed by atoms with Crippen molar-refractivity contribution < 1.29 is 26.4 Å². The molecule has 1 amide bonds. The average molecular weight is 569 g/mol. The number of halogens is 3. The Kier molecular flexibility index (Phi) is 7.36. The van der Waals surface area contributed by atoms with Gasteiger partial charge in [0, 0.05) is 48.9 Å². The Balaban J connectivity index is 1.55. The normalized spacial score (nSPS) is 15.0. The van der Waals surface area contributed by atoms with Gasteiger partial charge >= 0.3 is 6.18 Å². The number of fused-ring (bicyclic) bond motifs is 1. The molecule has 0 saturated carbocycles. The van der Waals surface area contributed by atoms with Crippen molar-refractivity contribution in [2.45, 2.75) is 11.9 Å². The third-order valence-corrected chi connectivity index (χ3v) is 7.81. The molecule has 0 radical (unpaired) electrons. The van der Waals surface area contributed by atoms with Gasteiger partial charge in [-0.25, -0.2) is 18.4 Å². The summed E-state index contributed by atoms with van der Waals surface area (Å²) >= 11 is 0. The fourth-order valence-electron chi connectivity index (χ4n) is 4.89. The number of hydrogen-bond donors (Lipinski definition) is 0. The molecule has 208 valence electrons. The number of sulfone groups is 1. The molecular formula is C29H27F3N4O3S. The summed E-state index contributed by atoms with van der Waals surface area (Å²) in [5.41, 5.74) is 1.83. The average Bonchev–Trinajstić information content (AvgIpc) is 2.91. The first kappa shape index (κ1) is 27.7. The Morgan fingerprint density at radius 2 is 1.60 bits per heavy atom. The summed E-state index contributed by atoms with van der Waals surface area (Å²) in [6, 6.07) is 15.9. The lowest BCUT2D eigenvalue weighted by molar-refractivity contribution is -0.138. The van der Waals surface area contributed by atoms with Gasteiger partial charge in [0.25, 0.3) is 5.91 Å². The van der Waals surface area contributed by atoms with E-state index in [4.69, 9.17) is 0 Å². The van der Waals surface area contributed by atoms with Gasteiger partial charge in [0.2, 0.25) is 0 Å². The zero-order chi connectivity index (χ0) is 28.7. The van der Waals surface area contributed by atoms with E-state index >= 15 is 0 Å². The van der Waals surface area contributed by atoms with Crippen LogP contribution in [0.5, 0.6) is 0 Å². The number of amides is 1. The van der Waals surface area contributed by atoms with Gasteiger partial charge in [-0.05, 0) is 54.1 Å². The maximum absolute atomic E-state index is 13.9. The maximum Gasteiger partial charge on any atom is 0.416 e. The molecule has 1 saturated heterocycles. The van der Waals surface area contributed by atoms with Crippen molar-refractivity contribution in [1.29, 1.82) is 0 Å². The molecule has 11 heteroatoms. The number of likely N-dealkylation sites (N-methyl/N-ethyl adjacent to an activating group) is 1. The monoisotopic (exact) mass is 568 g/mol. The molecule has 0 unspecified atom stereocenters. The van der Waals surface area contributed by atoms with E-state index in [0.717, 1.165) is 25.4 Å². The second kappa shape index (κ2) is 10.6. The van der Waals surface area contributed by atoms with Gasteiger partial charge < -0.3 is 9.80 Å². The van der Waals surface area contributed by atoms with Gasteiger partial charge in [0.15, 0.2) is 9.84 Å². The van der Waals surface area contributed by atoms with Crippen LogP contribution in [-0.4, -0.2) is 73.6 Å². The van der Waals surface area contributed by atoms with Crippen LogP contribution in [0.25, 0.3) is 33.3 Å². The number of carbonyl (C=O) groups excluding carboxylic acids is 1. The lowest BCUT2D eigenvalue weighted by atomic mass is 9.96. The molecule has 1 aliphatic heterocycles. The minimum absolute atomic E-state index is 0.0668. The summed E-state index contributed by atoms with van der Waals surface area (Å²) in [6.45, 7) is 2.89. The summed E-state index contributed by atoms with van der Waals surface area (Å²) in [5, 5.41) is 0.609. The first-order valence-corrected chi connectivity index (χ1v) is 14.7. The predicted molar refractivity (Wildman–Crippen MR) is 147 cm³/mol. The Hall–Kier alpha value is -3.83. The number of nitrogens with zero attached hydrogens (tertiary/aromatic N) is 4. The van der Waals surface area contributed by atoms with E-state index in [-0.39, 0.29) is 17.0 Å². The minimum Gasteiger partial charge on any atom is -0.336 e. The molecule has 0 spiro atoms. The van der Waals surface area contributed by atoms with Crippen molar-refractivity contribution >= 4 is 26.6 Å². The van der Waals surface area contributed by atoms with Crippen LogP contribution >= 0.6 is 0 Å². The lowest BCUT2D eigenvalue weighted by Gasteiger charge is -2.32. The van der Waals surface area contributed by atoms with Gasteiger partial charge in [0.1, 0.15) is 6.33 Å². The smallest absolute Gasteiger partial charge is 0.336 e. The molecule has 7 nitrogen and oxygen atoms in total. The highest BCUT2D eigenvalue weighted by molar-refractivity contribution is 7.89. The number of piperazine rings is 1. The summed E-state index contributed by atoms with van der Waals surface area (Å²) in [4.78, 5) is 25.9. The van der Waals surface area contributed by atoms with Crippen molar-refractivity contribution in [2.75, 3.05) is 39.5 Å². The standard InChI is InChI=1S/C29H27F3N4O3S/c1-35-10-12-36(13-11-35)28(37)22-5-3-4-21(14-22)27-24-15-19(8-9-26(24)33-18-34-27)20-6-7-23(17-40(2,38)39)25(16-20)29(30,31)32/h3-9,14-16,18H,10-13,17H2,1-2H3. The molecule has 40 heavy (non-hydrogen) atoms. The quantitative estimate of drug-likeness (QED) is 0.340. The zero-order valence-electron chi connectivity index (χ0n) is 21.9. The topological polar surface area (TPSA) is 83.5 Å². The van der Waals surface area contributed by atoms with Crippen molar-refractivity contribution in [3.8, 4) is 22.4 Å². The van der Waals surface area contributed by atoms with E-state index in [1.807, 2.05) is 18.0 Å². The number of carbonyl (C=O) groups is 1. The van der Waals surface area contributed by atoms with Gasteiger partial charge in [-0.15, -0.1) is 0 Å². The van der Waals surface area contributed by atoms with Crippen LogP contribution in [0.15, 0.2) is 67.0 Å². The van der Waals surface area contributed by atoms with Crippen LogP contribution in [-0.2, 0) is 21.8 Å². The molecule has 5 rings (SSSR count). The molecule has 1 fully saturated rings. The van der Waals surface area contributed by atoms with Gasteiger partial charge in [-0.2, -0.15) is 13.2 Å². The largest absolute Gasteiger partial charge is 0.416 e. The first-order valence-electron chi connectivity index (χ1n) is 12.6. The SMILES string of the molecule is CN1CCN(C(=O)c2cccc(-c3ncnc4ccc(-c5ccc(CS(C)(=O)=O)c(C(F)(F)F)c5)cc34)c2)CC1. The summed E-state index contributed by atoms with van der Waals surface area (Å²) in [5.74, 6) is -0.774. The van der Waals surface area contributed by atoms with Gasteiger partial charge in [-0.3, -0.25) is 4.79 Å². The summed E-state index contributed by atoms with van der Waals surface area (Å²) < 4.78 is 65.0. The Labute approximate surface area is 230 Å². The highest BCUT2D eigenvalue weighted by atomic mass is 32.2. The molecular weight excluding hydrogens is 541 g/mol. The first-order chi connectivity index (χ1) is 18.9. The van der Waals surface area contributed by atoms with Gasteiger partial charge in [0.05, 0.1) is 22.5 Å². The van der Waals surface area contributed by atoms with Crippen molar-refractivity contribution in [3.05, 3.63) is 83.7 Å². The van der Waals surface area contributed by atoms with E-state index in [1.165, 1.54) is 18.5 Å². The van der Waals surface area contributed by atoms with Crippen molar-refractivity contribution in [1.82, 2.24) is 19.8 Å². The molecule has 2 heterocycles. The number of hydrogen-bond acceptors (Lipinski definition) is 6.